The lowest BCUT2D eigenvalue weighted by molar-refractivity contribution is -0.104. The smallest absolute Gasteiger partial charge is 0.142 e. The van der Waals surface area contributed by atoms with Gasteiger partial charge in [0.2, 0.25) is 0 Å². The van der Waals surface area contributed by atoms with Gasteiger partial charge in [0.25, 0.3) is 0 Å². The van der Waals surface area contributed by atoms with Crippen molar-refractivity contribution in [2.24, 2.45) is 11.8 Å². The molecule has 3 atom stereocenters. The van der Waals surface area contributed by atoms with Crippen molar-refractivity contribution in [1.82, 2.24) is 0 Å². The summed E-state index contributed by atoms with van der Waals surface area (Å²) >= 11 is 0. The molecule has 0 aromatic heterocycles. The zero-order chi connectivity index (χ0) is 11.0. The number of rotatable bonds is 7. The molecule has 0 amide bonds. The normalized spacial score (nSPS) is 18.0. The molecular weight excluding hydrogens is 176 g/mol. The first-order chi connectivity index (χ1) is 6.67. The molecule has 0 bridgehead atoms. The average Bonchev–Trinajstić information content (AvgIpc) is 2.16. The van der Waals surface area contributed by atoms with Crippen LogP contribution in [-0.2, 0) is 9.53 Å². The van der Waals surface area contributed by atoms with Gasteiger partial charge < -0.3 is 4.74 Å². The Balaban J connectivity index is 4.22. The third-order valence-corrected chi connectivity index (χ3v) is 2.59. The minimum atomic E-state index is 0.214. The molecule has 0 saturated carbocycles. The summed E-state index contributed by atoms with van der Waals surface area (Å²) in [5.74, 6) is 0.836. The number of carbonyl (C=O) groups is 1. The molecule has 0 aliphatic carbocycles. The van der Waals surface area contributed by atoms with Gasteiger partial charge in [0.1, 0.15) is 6.29 Å². The summed E-state index contributed by atoms with van der Waals surface area (Å²) in [6.07, 6.45) is 6.82. The van der Waals surface area contributed by atoms with Gasteiger partial charge in [0.05, 0.1) is 6.10 Å². The Morgan fingerprint density at radius 2 is 2.00 bits per heavy atom. The molecule has 0 fully saturated rings. The highest BCUT2D eigenvalue weighted by Crippen LogP contribution is 2.21. The van der Waals surface area contributed by atoms with E-state index in [0.717, 1.165) is 12.7 Å². The fourth-order valence-electron chi connectivity index (χ4n) is 1.91. The molecule has 0 aromatic rings. The average molecular weight is 198 g/mol. The minimum absolute atomic E-state index is 0.214. The van der Waals surface area contributed by atoms with Crippen molar-refractivity contribution >= 4 is 6.29 Å². The first-order valence-corrected chi connectivity index (χ1v) is 5.32. The van der Waals surface area contributed by atoms with Crippen LogP contribution >= 0.6 is 0 Å². The van der Waals surface area contributed by atoms with Crippen molar-refractivity contribution in [3.8, 4) is 0 Å². The molecule has 0 saturated heterocycles. The lowest BCUT2D eigenvalue weighted by atomic mass is 9.90. The van der Waals surface area contributed by atoms with E-state index < -0.39 is 0 Å². The predicted octanol–water partition coefficient (Wildman–Crippen LogP) is 2.83. The second kappa shape index (κ2) is 7.74. The first kappa shape index (κ1) is 13.4. The maximum absolute atomic E-state index is 10.2. The maximum atomic E-state index is 10.2. The molecule has 0 spiro atoms. The highest BCUT2D eigenvalue weighted by molar-refractivity contribution is 5.64. The van der Waals surface area contributed by atoms with Crippen molar-refractivity contribution in [2.45, 2.75) is 39.7 Å². The van der Waals surface area contributed by atoms with Crippen LogP contribution in [0.2, 0.25) is 0 Å². The van der Waals surface area contributed by atoms with Crippen LogP contribution in [0, 0.1) is 11.8 Å². The molecule has 2 heteroatoms. The van der Waals surface area contributed by atoms with Crippen LogP contribution in [0.3, 0.4) is 0 Å². The number of allylic oxidation sites excluding steroid dienone is 1. The van der Waals surface area contributed by atoms with Gasteiger partial charge in [0, 0.05) is 13.0 Å². The van der Waals surface area contributed by atoms with E-state index in [-0.39, 0.29) is 6.10 Å². The number of hydrogen-bond donors (Lipinski definition) is 0. The van der Waals surface area contributed by atoms with E-state index in [9.17, 15) is 4.79 Å². The number of ether oxygens (including phenoxy) is 1. The predicted molar refractivity (Wildman–Crippen MR) is 59.2 cm³/mol. The van der Waals surface area contributed by atoms with Crippen molar-refractivity contribution in [1.29, 1.82) is 0 Å². The largest absolute Gasteiger partial charge is 0.381 e. The van der Waals surface area contributed by atoms with Crippen molar-refractivity contribution in [3.05, 3.63) is 12.2 Å². The fourth-order valence-corrected chi connectivity index (χ4v) is 1.91. The minimum Gasteiger partial charge on any atom is -0.381 e. The Kier molecular flexibility index (Phi) is 7.40. The molecule has 0 heterocycles. The summed E-state index contributed by atoms with van der Waals surface area (Å²) < 4.78 is 5.46. The third-order valence-electron chi connectivity index (χ3n) is 2.59. The van der Waals surface area contributed by atoms with Crippen LogP contribution in [0.4, 0.5) is 0 Å². The molecule has 0 N–H and O–H groups in total. The molecule has 3 unspecified atom stereocenters. The fraction of sp³-hybridized carbons (Fsp3) is 0.750. The standard InChI is InChI=1S/C12H22O2/c1-5-7-10(2)12(14-4)11(3)8-6-9-13/h6,8-12H,5,7H2,1-4H3/b8-6+. The van der Waals surface area contributed by atoms with Crippen molar-refractivity contribution in [3.63, 3.8) is 0 Å². The second-order valence-corrected chi connectivity index (χ2v) is 3.85. The van der Waals surface area contributed by atoms with Gasteiger partial charge in [-0.25, -0.2) is 0 Å². The topological polar surface area (TPSA) is 26.3 Å². The molecule has 0 rings (SSSR count). The van der Waals surface area contributed by atoms with Crippen molar-refractivity contribution in [2.75, 3.05) is 7.11 Å². The van der Waals surface area contributed by atoms with E-state index >= 15 is 0 Å². The molecule has 82 valence electrons. The van der Waals surface area contributed by atoms with Crippen LogP contribution in [0.5, 0.6) is 0 Å². The van der Waals surface area contributed by atoms with Gasteiger partial charge in [-0.05, 0) is 18.4 Å². The number of aldehydes is 1. The summed E-state index contributed by atoms with van der Waals surface area (Å²) in [5.41, 5.74) is 0. The summed E-state index contributed by atoms with van der Waals surface area (Å²) in [6.45, 7) is 6.46. The summed E-state index contributed by atoms with van der Waals surface area (Å²) in [6, 6.07) is 0. The van der Waals surface area contributed by atoms with E-state index in [1.54, 1.807) is 13.2 Å². The number of carbonyl (C=O) groups excluding carboxylic acids is 1. The second-order valence-electron chi connectivity index (χ2n) is 3.85. The highest BCUT2D eigenvalue weighted by atomic mass is 16.5. The maximum Gasteiger partial charge on any atom is 0.142 e. The molecule has 0 aromatic carbocycles. The van der Waals surface area contributed by atoms with Gasteiger partial charge in [-0.3, -0.25) is 4.79 Å². The van der Waals surface area contributed by atoms with Gasteiger partial charge in [-0.2, -0.15) is 0 Å². The van der Waals surface area contributed by atoms with Gasteiger partial charge in [-0.1, -0.05) is 33.3 Å². The zero-order valence-electron chi connectivity index (χ0n) is 9.69. The van der Waals surface area contributed by atoms with E-state index in [2.05, 4.69) is 20.8 Å². The van der Waals surface area contributed by atoms with Crippen LogP contribution in [0.25, 0.3) is 0 Å². The molecular formula is C12H22O2. The SMILES string of the molecule is CCCC(C)C(OC)C(C)/C=C/C=O. The Bertz CT molecular complexity index is 175. The molecule has 14 heavy (non-hydrogen) atoms. The van der Waals surface area contributed by atoms with Crippen LogP contribution in [-0.4, -0.2) is 19.5 Å². The molecule has 0 radical (unpaired) electrons. The van der Waals surface area contributed by atoms with E-state index in [1.165, 1.54) is 6.42 Å². The summed E-state index contributed by atoms with van der Waals surface area (Å²) in [5, 5.41) is 0. The van der Waals surface area contributed by atoms with E-state index in [0.29, 0.717) is 11.8 Å². The number of hydrogen-bond acceptors (Lipinski definition) is 2. The zero-order valence-corrected chi connectivity index (χ0v) is 9.69. The Labute approximate surface area is 87.3 Å². The van der Waals surface area contributed by atoms with Gasteiger partial charge in [-0.15, -0.1) is 0 Å². The summed E-state index contributed by atoms with van der Waals surface area (Å²) in [7, 11) is 1.74. The van der Waals surface area contributed by atoms with Gasteiger partial charge in [0.15, 0.2) is 0 Å². The molecule has 0 aliphatic heterocycles. The lowest BCUT2D eigenvalue weighted by Gasteiger charge is -2.26. The Morgan fingerprint density at radius 1 is 1.36 bits per heavy atom. The molecule has 0 aliphatic rings. The monoisotopic (exact) mass is 198 g/mol. The highest BCUT2D eigenvalue weighted by Gasteiger charge is 2.20. The van der Waals surface area contributed by atoms with E-state index in [1.807, 2.05) is 6.08 Å². The summed E-state index contributed by atoms with van der Waals surface area (Å²) in [4.78, 5) is 10.2. The van der Waals surface area contributed by atoms with Crippen LogP contribution in [0.15, 0.2) is 12.2 Å². The van der Waals surface area contributed by atoms with E-state index in [4.69, 9.17) is 4.74 Å². The number of methoxy groups -OCH3 is 1. The van der Waals surface area contributed by atoms with Crippen molar-refractivity contribution < 1.29 is 9.53 Å². The quantitative estimate of drug-likeness (QED) is 0.464. The lowest BCUT2D eigenvalue weighted by Crippen LogP contribution is -2.26. The third kappa shape index (κ3) is 4.56. The van der Waals surface area contributed by atoms with Crippen LogP contribution in [0.1, 0.15) is 33.6 Å². The Hall–Kier alpha value is -0.630. The first-order valence-electron chi connectivity index (χ1n) is 5.32. The Morgan fingerprint density at radius 3 is 2.43 bits per heavy atom. The van der Waals surface area contributed by atoms with Gasteiger partial charge >= 0.3 is 0 Å². The molecule has 2 nitrogen and oxygen atoms in total. The van der Waals surface area contributed by atoms with Crippen LogP contribution < -0.4 is 0 Å².